The fourth-order valence-corrected chi connectivity index (χ4v) is 3.22. The van der Waals surface area contributed by atoms with Crippen LogP contribution in [0.25, 0.3) is 0 Å². The minimum absolute atomic E-state index is 0.170. The summed E-state index contributed by atoms with van der Waals surface area (Å²) in [6.45, 7) is -1.17. The zero-order valence-electron chi connectivity index (χ0n) is 10.1. The molecular weight excluding hydrogens is 304 g/mol. The van der Waals surface area contributed by atoms with E-state index in [1.807, 2.05) is 6.07 Å². The normalized spacial score (nSPS) is 10.8. The maximum atomic E-state index is 12.3. The quantitative estimate of drug-likeness (QED) is 0.815. The van der Waals surface area contributed by atoms with Gasteiger partial charge in [-0.05, 0) is 18.2 Å². The van der Waals surface area contributed by atoms with E-state index in [1.54, 1.807) is 0 Å². The molecule has 0 aliphatic heterocycles. The molecule has 0 unspecified atom stereocenters. The number of hydrogen-bond acceptors (Lipinski definition) is 4. The zero-order chi connectivity index (χ0) is 15.3. The van der Waals surface area contributed by atoms with Gasteiger partial charge in [0, 0.05) is 0 Å². The molecule has 1 aromatic rings. The highest BCUT2D eigenvalue weighted by molar-refractivity contribution is 7.89. The Morgan fingerprint density at radius 2 is 2.15 bits per heavy atom. The van der Waals surface area contributed by atoms with Gasteiger partial charge < -0.3 is 5.11 Å². The van der Waals surface area contributed by atoms with Crippen molar-refractivity contribution in [2.75, 3.05) is 13.1 Å². The topological polar surface area (TPSA) is 98.5 Å². The van der Waals surface area contributed by atoms with Gasteiger partial charge in [-0.1, -0.05) is 17.5 Å². The SMILES string of the molecule is C#CCN(CC(=O)O)S(=O)(=O)c1ccc(C#N)cc1Cl. The minimum atomic E-state index is -4.15. The van der Waals surface area contributed by atoms with E-state index in [0.717, 1.165) is 6.07 Å². The predicted molar refractivity (Wildman–Crippen MR) is 71.4 cm³/mol. The Balaban J connectivity index is 3.30. The molecule has 0 aromatic heterocycles. The fourth-order valence-electron chi connectivity index (χ4n) is 1.40. The van der Waals surface area contributed by atoms with E-state index in [-0.39, 0.29) is 15.5 Å². The number of rotatable bonds is 5. The molecule has 0 bridgehead atoms. The third-order valence-corrected chi connectivity index (χ3v) is 4.53. The van der Waals surface area contributed by atoms with Crippen molar-refractivity contribution in [3.63, 3.8) is 0 Å². The third kappa shape index (κ3) is 3.49. The molecule has 0 saturated heterocycles. The first-order valence-corrected chi connectivity index (χ1v) is 6.99. The summed E-state index contributed by atoms with van der Waals surface area (Å²) >= 11 is 5.82. The van der Waals surface area contributed by atoms with E-state index in [4.69, 9.17) is 28.4 Å². The number of aliphatic carboxylic acids is 1. The number of carboxylic acids is 1. The van der Waals surface area contributed by atoms with Crippen LogP contribution in [0, 0.1) is 23.7 Å². The Morgan fingerprint density at radius 1 is 1.50 bits per heavy atom. The highest BCUT2D eigenvalue weighted by Gasteiger charge is 2.28. The lowest BCUT2D eigenvalue weighted by Crippen LogP contribution is -2.36. The van der Waals surface area contributed by atoms with Crippen LogP contribution in [0.1, 0.15) is 5.56 Å². The van der Waals surface area contributed by atoms with Crippen molar-refractivity contribution in [2.45, 2.75) is 4.90 Å². The number of carboxylic acid groups (broad SMARTS) is 1. The number of benzene rings is 1. The smallest absolute Gasteiger partial charge is 0.318 e. The molecule has 0 aliphatic rings. The predicted octanol–water partition coefficient (Wildman–Crippen LogP) is 0.920. The largest absolute Gasteiger partial charge is 0.480 e. The second-order valence-corrected chi connectivity index (χ2v) is 5.94. The first kappa shape index (κ1) is 16.0. The van der Waals surface area contributed by atoms with Gasteiger partial charge >= 0.3 is 5.97 Å². The molecule has 0 saturated carbocycles. The number of halogens is 1. The van der Waals surface area contributed by atoms with Crippen LogP contribution < -0.4 is 0 Å². The average Bonchev–Trinajstić information content (AvgIpc) is 2.37. The molecule has 0 spiro atoms. The second-order valence-electron chi connectivity index (χ2n) is 3.63. The number of nitriles is 1. The van der Waals surface area contributed by atoms with E-state index < -0.39 is 29.1 Å². The number of terminal acetylenes is 1. The van der Waals surface area contributed by atoms with Gasteiger partial charge in [0.05, 0.1) is 23.2 Å². The molecular formula is C12H9ClN2O4S. The monoisotopic (exact) mass is 312 g/mol. The summed E-state index contributed by atoms with van der Waals surface area (Å²) in [4.78, 5) is 10.4. The number of carbonyl (C=O) groups is 1. The van der Waals surface area contributed by atoms with E-state index in [2.05, 4.69) is 5.92 Å². The van der Waals surface area contributed by atoms with Gasteiger partial charge in [-0.15, -0.1) is 6.42 Å². The molecule has 8 heteroatoms. The average molecular weight is 313 g/mol. The summed E-state index contributed by atoms with van der Waals surface area (Å²) in [6.07, 6.45) is 5.04. The van der Waals surface area contributed by atoms with Gasteiger partial charge in [0.2, 0.25) is 10.0 Å². The summed E-state index contributed by atoms with van der Waals surface area (Å²) in [7, 11) is -4.15. The highest BCUT2D eigenvalue weighted by Crippen LogP contribution is 2.25. The fraction of sp³-hybridized carbons (Fsp3) is 0.167. The standard InChI is InChI=1S/C12H9ClN2O4S/c1-2-5-15(8-12(16)17)20(18,19)11-4-3-9(7-14)6-10(11)13/h1,3-4,6H,5,8H2,(H,16,17). The van der Waals surface area contributed by atoms with Gasteiger partial charge in [-0.2, -0.15) is 9.57 Å². The van der Waals surface area contributed by atoms with Crippen LogP contribution >= 0.6 is 11.6 Å². The van der Waals surface area contributed by atoms with Gasteiger partial charge in [0.1, 0.15) is 11.4 Å². The van der Waals surface area contributed by atoms with Crippen molar-refractivity contribution in [3.8, 4) is 18.4 Å². The van der Waals surface area contributed by atoms with Gasteiger partial charge in [-0.25, -0.2) is 8.42 Å². The molecule has 6 nitrogen and oxygen atoms in total. The Bertz CT molecular complexity index is 716. The second kappa shape index (κ2) is 6.40. The van der Waals surface area contributed by atoms with Gasteiger partial charge in [-0.3, -0.25) is 4.79 Å². The molecule has 0 heterocycles. The molecule has 0 fully saturated rings. The van der Waals surface area contributed by atoms with Crippen molar-refractivity contribution < 1.29 is 18.3 Å². The maximum Gasteiger partial charge on any atom is 0.318 e. The summed E-state index contributed by atoms with van der Waals surface area (Å²) < 4.78 is 25.2. The van der Waals surface area contributed by atoms with Gasteiger partial charge in [0.15, 0.2) is 0 Å². The number of sulfonamides is 1. The Hall–Kier alpha value is -2.06. The van der Waals surface area contributed by atoms with Crippen molar-refractivity contribution in [1.29, 1.82) is 5.26 Å². The summed E-state index contributed by atoms with van der Waals surface area (Å²) in [6, 6.07) is 5.41. The van der Waals surface area contributed by atoms with Crippen LogP contribution in [0.3, 0.4) is 0 Å². The summed E-state index contributed by atoms with van der Waals surface area (Å²) in [5, 5.41) is 17.2. The lowest BCUT2D eigenvalue weighted by atomic mass is 10.2. The molecule has 104 valence electrons. The molecule has 1 N–H and O–H groups in total. The molecule has 0 atom stereocenters. The molecule has 0 aliphatic carbocycles. The summed E-state index contributed by atoms with van der Waals surface area (Å²) in [5.74, 6) is 0.740. The van der Waals surface area contributed by atoms with Gasteiger partial charge in [0.25, 0.3) is 0 Å². The summed E-state index contributed by atoms with van der Waals surface area (Å²) in [5.41, 5.74) is 0.190. The lowest BCUT2D eigenvalue weighted by molar-refractivity contribution is -0.137. The number of nitrogens with zero attached hydrogens (tertiary/aromatic N) is 2. The first-order chi connectivity index (χ1) is 9.32. The van der Waals surface area contributed by atoms with E-state index in [0.29, 0.717) is 4.31 Å². The van der Waals surface area contributed by atoms with Crippen molar-refractivity contribution in [2.24, 2.45) is 0 Å². The van der Waals surface area contributed by atoms with Crippen molar-refractivity contribution >= 4 is 27.6 Å². The number of hydrogen-bond donors (Lipinski definition) is 1. The lowest BCUT2D eigenvalue weighted by Gasteiger charge is -2.18. The van der Waals surface area contributed by atoms with Crippen LogP contribution in [-0.2, 0) is 14.8 Å². The van der Waals surface area contributed by atoms with Crippen LogP contribution in [0.5, 0.6) is 0 Å². The van der Waals surface area contributed by atoms with Crippen LogP contribution in [0.2, 0.25) is 5.02 Å². The minimum Gasteiger partial charge on any atom is -0.480 e. The maximum absolute atomic E-state index is 12.3. The van der Waals surface area contributed by atoms with Crippen molar-refractivity contribution in [1.82, 2.24) is 4.31 Å². The Morgan fingerprint density at radius 3 is 2.60 bits per heavy atom. The van der Waals surface area contributed by atoms with E-state index in [1.165, 1.54) is 12.1 Å². The molecule has 1 aromatic carbocycles. The third-order valence-electron chi connectivity index (χ3n) is 2.26. The highest BCUT2D eigenvalue weighted by atomic mass is 35.5. The zero-order valence-corrected chi connectivity index (χ0v) is 11.6. The van der Waals surface area contributed by atoms with E-state index >= 15 is 0 Å². The molecule has 0 amide bonds. The van der Waals surface area contributed by atoms with Crippen LogP contribution in [0.4, 0.5) is 0 Å². The van der Waals surface area contributed by atoms with E-state index in [9.17, 15) is 13.2 Å². The van der Waals surface area contributed by atoms with Crippen molar-refractivity contribution in [3.05, 3.63) is 28.8 Å². The first-order valence-electron chi connectivity index (χ1n) is 5.18. The Kier molecular flexibility index (Phi) is 5.12. The molecule has 20 heavy (non-hydrogen) atoms. The molecule has 0 radical (unpaired) electrons. The Labute approximate surface area is 121 Å². The van der Waals surface area contributed by atoms with Crippen LogP contribution in [-0.4, -0.2) is 36.9 Å². The van der Waals surface area contributed by atoms with Crippen LogP contribution in [0.15, 0.2) is 23.1 Å². The molecule has 1 rings (SSSR count).